The molecule has 2 heterocycles. The van der Waals surface area contributed by atoms with E-state index in [9.17, 15) is 22.0 Å². The van der Waals surface area contributed by atoms with Gasteiger partial charge >= 0.3 is 0 Å². The minimum Gasteiger partial charge on any atom is -0.496 e. The number of benzene rings is 4. The smallest absolute Gasteiger partial charge is 0.255 e. The van der Waals surface area contributed by atoms with Gasteiger partial charge < -0.3 is 18.9 Å². The number of aromatic nitrogens is 1. The molecule has 4 aromatic carbocycles. The van der Waals surface area contributed by atoms with E-state index in [0.717, 1.165) is 16.6 Å². The predicted octanol–water partition coefficient (Wildman–Crippen LogP) is 6.76. The minimum absolute atomic E-state index is 0.0199. The number of ether oxygens (including phenoxy) is 1. The maximum absolute atomic E-state index is 16.0. The number of rotatable bonds is 7. The topological polar surface area (TPSA) is 115 Å². The lowest BCUT2D eigenvalue weighted by Crippen LogP contribution is -2.25. The Kier molecular flexibility index (Phi) is 7.28. The number of carbonyl (C=O) groups is 1. The Balaban J connectivity index is 1.67. The summed E-state index contributed by atoms with van der Waals surface area (Å²) in [6, 6.07) is 14.7. The Morgan fingerprint density at radius 1 is 0.911 bits per heavy atom. The second-order valence-corrected chi connectivity index (χ2v) is 12.1. The van der Waals surface area contributed by atoms with Crippen molar-refractivity contribution in [2.45, 2.75) is 0 Å². The fourth-order valence-corrected chi connectivity index (χ4v) is 5.58. The molecule has 45 heavy (non-hydrogen) atoms. The number of carbonyl (C=O) groups excluding carboxylic acids is 1. The van der Waals surface area contributed by atoms with Gasteiger partial charge in [0, 0.05) is 48.3 Å². The summed E-state index contributed by atoms with van der Waals surface area (Å²) >= 11 is 0. The molecule has 9 nitrogen and oxygen atoms in total. The van der Waals surface area contributed by atoms with Crippen LogP contribution < -0.4 is 14.4 Å². The van der Waals surface area contributed by atoms with E-state index < -0.39 is 33.4 Å². The largest absolute Gasteiger partial charge is 0.496 e. The van der Waals surface area contributed by atoms with E-state index in [0.29, 0.717) is 5.56 Å². The van der Waals surface area contributed by atoms with Gasteiger partial charge in [0.05, 0.1) is 30.2 Å². The molecule has 0 saturated heterocycles. The fraction of sp³-hybridized carbons (Fsp3) is 0.125. The highest BCUT2D eigenvalue weighted by Gasteiger charge is 2.28. The molecule has 0 aliphatic carbocycles. The molecule has 6 rings (SSSR count). The van der Waals surface area contributed by atoms with Crippen molar-refractivity contribution in [2.24, 2.45) is 0 Å². The molecule has 0 radical (unpaired) electrons. The Bertz CT molecular complexity index is 2250. The van der Waals surface area contributed by atoms with Crippen LogP contribution in [0.5, 0.6) is 5.75 Å². The molecule has 1 N–H and O–H groups in total. The lowest BCUT2D eigenvalue weighted by atomic mass is 9.96. The standard InChI is InChI=1S/C32H24F3N3O6S/c1-36-31(39)28-20-13-19(24(38(2)45(4,40)41)15-27(20)43-30(28)16-8-10-17(33)11-9-16)18-12-21(26(42-3)14-23(18)35)32-37-29-22(34)6-5-7-25(29)44-32/h5-15H,1-4H3,(H,36,39). The van der Waals surface area contributed by atoms with Gasteiger partial charge in [0.25, 0.3) is 5.91 Å². The fourth-order valence-electron chi connectivity index (χ4n) is 5.07. The van der Waals surface area contributed by atoms with Gasteiger partial charge in [0.2, 0.25) is 15.9 Å². The summed E-state index contributed by atoms with van der Waals surface area (Å²) in [6.45, 7) is 0. The number of oxazole rings is 1. The Morgan fingerprint density at radius 3 is 2.29 bits per heavy atom. The van der Waals surface area contributed by atoms with Crippen molar-refractivity contribution in [3.8, 4) is 39.7 Å². The van der Waals surface area contributed by atoms with Crippen LogP contribution in [0.25, 0.3) is 56.0 Å². The number of para-hydroxylation sites is 1. The van der Waals surface area contributed by atoms with Gasteiger partial charge in [-0.3, -0.25) is 9.10 Å². The first-order valence-electron chi connectivity index (χ1n) is 13.4. The van der Waals surface area contributed by atoms with Crippen LogP contribution in [-0.2, 0) is 10.0 Å². The van der Waals surface area contributed by atoms with Crippen molar-refractivity contribution >= 4 is 43.7 Å². The summed E-state index contributed by atoms with van der Waals surface area (Å²) in [5.41, 5.74) is 0.814. The van der Waals surface area contributed by atoms with Gasteiger partial charge in [-0.15, -0.1) is 0 Å². The Labute approximate surface area is 254 Å². The molecule has 2 aromatic heterocycles. The molecule has 13 heteroatoms. The van der Waals surface area contributed by atoms with Crippen LogP contribution in [-0.4, -0.2) is 46.8 Å². The van der Waals surface area contributed by atoms with E-state index in [2.05, 4.69) is 10.3 Å². The first-order chi connectivity index (χ1) is 21.4. The number of hydrogen-bond donors (Lipinski definition) is 1. The summed E-state index contributed by atoms with van der Waals surface area (Å²) in [7, 11) is 0.123. The minimum atomic E-state index is -3.90. The number of hydrogen-bond acceptors (Lipinski definition) is 7. The lowest BCUT2D eigenvalue weighted by Gasteiger charge is -2.21. The zero-order valence-corrected chi connectivity index (χ0v) is 25.1. The zero-order valence-electron chi connectivity index (χ0n) is 24.2. The molecule has 0 atom stereocenters. The molecule has 0 spiro atoms. The highest BCUT2D eigenvalue weighted by atomic mass is 32.2. The van der Waals surface area contributed by atoms with Crippen LogP contribution >= 0.6 is 0 Å². The number of methoxy groups -OCH3 is 1. The van der Waals surface area contributed by atoms with Gasteiger partial charge in [-0.05, 0) is 48.5 Å². The van der Waals surface area contributed by atoms with E-state index in [1.54, 1.807) is 0 Å². The van der Waals surface area contributed by atoms with Crippen LogP contribution in [0.2, 0.25) is 0 Å². The SMILES string of the molecule is CNC(=O)c1c(-c2ccc(F)cc2)oc2cc(N(C)S(C)(=O)=O)c(-c3cc(-c4nc5c(F)cccc5o4)c(OC)cc3F)cc12. The Morgan fingerprint density at radius 2 is 1.64 bits per heavy atom. The van der Waals surface area contributed by atoms with Gasteiger partial charge in [0.15, 0.2) is 11.4 Å². The van der Waals surface area contributed by atoms with Crippen LogP contribution in [0.3, 0.4) is 0 Å². The van der Waals surface area contributed by atoms with E-state index in [1.165, 1.54) is 81.9 Å². The van der Waals surface area contributed by atoms with E-state index in [4.69, 9.17) is 13.6 Å². The number of amides is 1. The molecule has 1 amide bonds. The summed E-state index contributed by atoms with van der Waals surface area (Å²) < 4.78 is 87.8. The molecule has 0 saturated carbocycles. The van der Waals surface area contributed by atoms with Crippen molar-refractivity contribution in [2.75, 3.05) is 31.8 Å². The summed E-state index contributed by atoms with van der Waals surface area (Å²) in [6.07, 6.45) is 0.978. The van der Waals surface area contributed by atoms with Gasteiger partial charge in [-0.25, -0.2) is 26.6 Å². The second kappa shape index (κ2) is 11.0. The highest BCUT2D eigenvalue weighted by Crippen LogP contribution is 2.44. The number of sulfonamides is 1. The zero-order chi connectivity index (χ0) is 32.2. The van der Waals surface area contributed by atoms with Crippen molar-refractivity contribution < 1.29 is 40.0 Å². The summed E-state index contributed by atoms with van der Waals surface area (Å²) in [4.78, 5) is 17.4. The van der Waals surface area contributed by atoms with E-state index >= 15 is 4.39 Å². The maximum atomic E-state index is 16.0. The van der Waals surface area contributed by atoms with Crippen molar-refractivity contribution in [3.05, 3.63) is 89.7 Å². The van der Waals surface area contributed by atoms with Crippen LogP contribution in [0, 0.1) is 17.5 Å². The number of furan rings is 1. The van der Waals surface area contributed by atoms with Crippen LogP contribution in [0.4, 0.5) is 18.9 Å². The molecule has 0 aliphatic rings. The number of nitrogens with one attached hydrogen (secondary N) is 1. The first-order valence-corrected chi connectivity index (χ1v) is 15.2. The highest BCUT2D eigenvalue weighted by molar-refractivity contribution is 7.92. The molecular weight excluding hydrogens is 611 g/mol. The monoisotopic (exact) mass is 635 g/mol. The van der Waals surface area contributed by atoms with E-state index in [1.807, 2.05) is 0 Å². The summed E-state index contributed by atoms with van der Waals surface area (Å²) in [5.74, 6) is -2.42. The third-order valence-electron chi connectivity index (χ3n) is 7.38. The van der Waals surface area contributed by atoms with Crippen LogP contribution in [0.15, 0.2) is 75.6 Å². The number of halogens is 3. The molecule has 0 aliphatic heterocycles. The van der Waals surface area contributed by atoms with Gasteiger partial charge in [-0.2, -0.15) is 0 Å². The first kappa shape index (κ1) is 29.8. The van der Waals surface area contributed by atoms with Gasteiger partial charge in [-0.1, -0.05) is 6.07 Å². The van der Waals surface area contributed by atoms with E-state index in [-0.39, 0.29) is 67.4 Å². The average molecular weight is 636 g/mol. The van der Waals surface area contributed by atoms with Crippen molar-refractivity contribution in [1.29, 1.82) is 0 Å². The molecule has 0 unspecified atom stereocenters. The van der Waals surface area contributed by atoms with Gasteiger partial charge in [0.1, 0.15) is 34.2 Å². The number of nitrogens with zero attached hydrogens (tertiary/aromatic N) is 2. The molecule has 0 fully saturated rings. The number of anilines is 1. The Hall–Kier alpha value is -5.30. The molecule has 0 bridgehead atoms. The molecule has 230 valence electrons. The van der Waals surface area contributed by atoms with Crippen molar-refractivity contribution in [3.63, 3.8) is 0 Å². The summed E-state index contributed by atoms with van der Waals surface area (Å²) in [5, 5.41) is 2.79. The lowest BCUT2D eigenvalue weighted by molar-refractivity contribution is 0.0964. The second-order valence-electron chi connectivity index (χ2n) is 10.1. The number of fused-ring (bicyclic) bond motifs is 2. The normalized spacial score (nSPS) is 11.7. The third kappa shape index (κ3) is 5.14. The molecule has 6 aromatic rings. The average Bonchev–Trinajstić information content (AvgIpc) is 3.62. The maximum Gasteiger partial charge on any atom is 0.255 e. The van der Waals surface area contributed by atoms with Crippen LogP contribution in [0.1, 0.15) is 10.4 Å². The predicted molar refractivity (Wildman–Crippen MR) is 163 cm³/mol. The quantitative estimate of drug-likeness (QED) is 0.206. The van der Waals surface area contributed by atoms with Crippen molar-refractivity contribution in [1.82, 2.24) is 10.3 Å². The molecular formula is C32H24F3N3O6S. The third-order valence-corrected chi connectivity index (χ3v) is 8.57.